The quantitative estimate of drug-likeness (QED) is 0.344. The van der Waals surface area contributed by atoms with Crippen molar-refractivity contribution in [3.05, 3.63) is 74.2 Å². The highest BCUT2D eigenvalue weighted by molar-refractivity contribution is 7.16. The van der Waals surface area contributed by atoms with Crippen LogP contribution in [0.5, 0.6) is 5.75 Å². The molecule has 0 unspecified atom stereocenters. The Morgan fingerprint density at radius 3 is 2.53 bits per heavy atom. The maximum Gasteiger partial charge on any atom is 0.259 e. The molecule has 1 aliphatic carbocycles. The largest absolute Gasteiger partial charge is 0.496 e. The number of aryl methyl sites for hydroxylation is 3. The van der Waals surface area contributed by atoms with E-state index in [9.17, 15) is 4.79 Å². The fourth-order valence-corrected chi connectivity index (χ4v) is 6.14. The van der Waals surface area contributed by atoms with Crippen LogP contribution in [0.3, 0.4) is 0 Å². The minimum Gasteiger partial charge on any atom is -0.496 e. The Bertz CT molecular complexity index is 1290. The van der Waals surface area contributed by atoms with Gasteiger partial charge in [0.2, 0.25) is 0 Å². The van der Waals surface area contributed by atoms with Crippen LogP contribution in [0.1, 0.15) is 94.1 Å². The van der Waals surface area contributed by atoms with Gasteiger partial charge in [0.1, 0.15) is 10.8 Å². The number of methoxy groups -OCH3 is 1. The number of rotatable bonds is 6. The minimum absolute atomic E-state index is 0.0526. The summed E-state index contributed by atoms with van der Waals surface area (Å²) in [5, 5.41) is 4.02. The molecule has 1 aromatic heterocycles. The fourth-order valence-electron chi connectivity index (χ4n) is 4.91. The molecule has 0 spiro atoms. The van der Waals surface area contributed by atoms with Gasteiger partial charge in [0.05, 0.1) is 12.7 Å². The molecule has 1 amide bonds. The molecule has 3 aromatic rings. The molecule has 0 saturated carbocycles. The number of nitrogens with one attached hydrogen (secondary N) is 1. The maximum absolute atomic E-state index is 13.7. The van der Waals surface area contributed by atoms with E-state index in [-0.39, 0.29) is 5.91 Å². The molecule has 1 N–H and O–H groups in total. The number of nitrogens with zero attached hydrogens (tertiary/aromatic N) is 1. The summed E-state index contributed by atoms with van der Waals surface area (Å²) in [5.41, 5.74) is 8.42. The molecule has 0 bridgehead atoms. The third-order valence-electron chi connectivity index (χ3n) is 7.29. The Morgan fingerprint density at radius 2 is 1.81 bits per heavy atom. The molecule has 190 valence electrons. The van der Waals surface area contributed by atoms with Crippen LogP contribution in [0, 0.1) is 20.8 Å². The van der Waals surface area contributed by atoms with Crippen molar-refractivity contribution in [2.45, 2.75) is 79.1 Å². The summed E-state index contributed by atoms with van der Waals surface area (Å²) in [6, 6.07) is 10.3. The Kier molecular flexibility index (Phi) is 8.30. The van der Waals surface area contributed by atoms with Gasteiger partial charge < -0.3 is 10.1 Å². The highest BCUT2D eigenvalue weighted by atomic mass is 32.1. The summed E-state index contributed by atoms with van der Waals surface area (Å²) < 4.78 is 5.61. The number of carbonyl (C=O) groups is 1. The van der Waals surface area contributed by atoms with E-state index in [1.165, 1.54) is 35.3 Å². The van der Waals surface area contributed by atoms with Crippen molar-refractivity contribution in [3.8, 4) is 5.75 Å². The molecule has 4 rings (SSSR count). The summed E-state index contributed by atoms with van der Waals surface area (Å²) >= 11 is 1.69. The number of hydrogen-bond acceptors (Lipinski definition) is 4. The van der Waals surface area contributed by atoms with Crippen LogP contribution in [0.25, 0.3) is 0 Å². The van der Waals surface area contributed by atoms with E-state index in [1.807, 2.05) is 18.3 Å². The summed E-state index contributed by atoms with van der Waals surface area (Å²) in [6.07, 6.45) is 8.65. The van der Waals surface area contributed by atoms with E-state index in [4.69, 9.17) is 9.73 Å². The number of benzene rings is 2. The van der Waals surface area contributed by atoms with Gasteiger partial charge >= 0.3 is 0 Å². The summed E-state index contributed by atoms with van der Waals surface area (Å²) in [5.74, 6) is 1.20. The lowest BCUT2D eigenvalue weighted by Crippen LogP contribution is -2.15. The molecule has 2 aromatic carbocycles. The normalized spacial score (nSPS) is 14.0. The van der Waals surface area contributed by atoms with E-state index in [0.717, 1.165) is 63.5 Å². The maximum atomic E-state index is 13.7. The predicted octanol–water partition coefficient (Wildman–Crippen LogP) is 8.47. The van der Waals surface area contributed by atoms with Crippen molar-refractivity contribution in [1.29, 1.82) is 0 Å². The van der Waals surface area contributed by atoms with Crippen LogP contribution in [-0.4, -0.2) is 19.2 Å². The average Bonchev–Trinajstić information content (AvgIpc) is 3.17. The fraction of sp³-hybridized carbons (Fsp3) is 0.419. The summed E-state index contributed by atoms with van der Waals surface area (Å²) in [6.45, 7) is 10.5. The van der Waals surface area contributed by atoms with Gasteiger partial charge in [0.25, 0.3) is 5.91 Å². The third-order valence-corrected chi connectivity index (χ3v) is 8.49. The molecular weight excluding hydrogens is 464 g/mol. The minimum atomic E-state index is -0.0526. The lowest BCUT2D eigenvalue weighted by atomic mass is 9.96. The Balaban J connectivity index is 1.76. The number of carbonyl (C=O) groups excluding carboxylic acids is 1. The van der Waals surface area contributed by atoms with Gasteiger partial charge in [-0.25, -0.2) is 4.99 Å². The second-order valence-electron chi connectivity index (χ2n) is 10.2. The standard InChI is InChI=1S/C31H38N2O2S/c1-19(2)25-17-23(21(4)16-27(25)35-6)18-32-31-29(24-13-9-7-8-10-15-28(24)36-31)30(34)33-26-14-11-12-20(3)22(26)5/h11-12,14,16-19H,7-10,13,15H2,1-6H3,(H,33,34). The number of anilines is 1. The topological polar surface area (TPSA) is 50.7 Å². The first-order valence-corrected chi connectivity index (χ1v) is 13.9. The van der Waals surface area contributed by atoms with Crippen LogP contribution < -0.4 is 10.1 Å². The van der Waals surface area contributed by atoms with Crippen molar-refractivity contribution in [3.63, 3.8) is 0 Å². The number of thiophene rings is 1. The van der Waals surface area contributed by atoms with Crippen LogP contribution >= 0.6 is 11.3 Å². The second-order valence-corrected chi connectivity index (χ2v) is 11.2. The van der Waals surface area contributed by atoms with E-state index < -0.39 is 0 Å². The first kappa shape index (κ1) is 26.2. The number of fused-ring (bicyclic) bond motifs is 1. The highest BCUT2D eigenvalue weighted by Crippen LogP contribution is 2.40. The monoisotopic (exact) mass is 502 g/mol. The summed E-state index contributed by atoms with van der Waals surface area (Å²) in [4.78, 5) is 20.0. The number of aliphatic imine (C=N–C) groups is 1. The van der Waals surface area contributed by atoms with Crippen LogP contribution in [0.2, 0.25) is 0 Å². The Hall–Kier alpha value is -2.92. The predicted molar refractivity (Wildman–Crippen MR) is 153 cm³/mol. The molecule has 0 fully saturated rings. The Morgan fingerprint density at radius 1 is 1.06 bits per heavy atom. The highest BCUT2D eigenvalue weighted by Gasteiger charge is 2.24. The lowest BCUT2D eigenvalue weighted by molar-refractivity contribution is 0.102. The third kappa shape index (κ3) is 5.57. The number of amides is 1. The number of ether oxygens (including phenoxy) is 1. The molecule has 5 heteroatoms. The number of hydrogen-bond donors (Lipinski definition) is 1. The first-order chi connectivity index (χ1) is 17.3. The molecule has 36 heavy (non-hydrogen) atoms. The van der Waals surface area contributed by atoms with Gasteiger partial charge in [-0.1, -0.05) is 38.8 Å². The molecule has 0 saturated heterocycles. The zero-order valence-corrected chi connectivity index (χ0v) is 23.3. The first-order valence-electron chi connectivity index (χ1n) is 13.0. The van der Waals surface area contributed by atoms with Crippen LogP contribution in [0.15, 0.2) is 35.3 Å². The molecule has 1 aliphatic rings. The van der Waals surface area contributed by atoms with Crippen molar-refractivity contribution < 1.29 is 9.53 Å². The van der Waals surface area contributed by atoms with Crippen molar-refractivity contribution in [1.82, 2.24) is 0 Å². The molecule has 0 radical (unpaired) electrons. The summed E-state index contributed by atoms with van der Waals surface area (Å²) in [7, 11) is 1.72. The van der Waals surface area contributed by atoms with E-state index >= 15 is 0 Å². The SMILES string of the molecule is COc1cc(C)c(C=Nc2sc3c(c2C(=O)Nc2cccc(C)c2C)CCCCCC3)cc1C(C)C. The zero-order chi connectivity index (χ0) is 25.8. The van der Waals surface area contributed by atoms with E-state index in [0.29, 0.717) is 5.92 Å². The van der Waals surface area contributed by atoms with Crippen molar-refractivity contribution in [2.24, 2.45) is 4.99 Å². The van der Waals surface area contributed by atoms with E-state index in [2.05, 4.69) is 58.1 Å². The van der Waals surface area contributed by atoms with Gasteiger partial charge in [-0.3, -0.25) is 4.79 Å². The Labute approximate surface area is 219 Å². The van der Waals surface area contributed by atoms with Gasteiger partial charge in [-0.15, -0.1) is 11.3 Å². The molecule has 0 aliphatic heterocycles. The molecule has 4 nitrogen and oxygen atoms in total. The van der Waals surface area contributed by atoms with Gasteiger partial charge in [0, 0.05) is 16.8 Å². The average molecular weight is 503 g/mol. The lowest BCUT2D eigenvalue weighted by Gasteiger charge is -2.14. The van der Waals surface area contributed by atoms with Crippen molar-refractivity contribution in [2.75, 3.05) is 12.4 Å². The van der Waals surface area contributed by atoms with Gasteiger partial charge in [0.15, 0.2) is 0 Å². The molecule has 0 atom stereocenters. The zero-order valence-electron chi connectivity index (χ0n) is 22.5. The molecular formula is C31H38N2O2S. The van der Waals surface area contributed by atoms with Gasteiger partial charge in [-0.05, 0) is 104 Å². The smallest absolute Gasteiger partial charge is 0.259 e. The van der Waals surface area contributed by atoms with Crippen LogP contribution in [0.4, 0.5) is 10.7 Å². The van der Waals surface area contributed by atoms with E-state index in [1.54, 1.807) is 18.4 Å². The second kappa shape index (κ2) is 11.4. The molecule has 1 heterocycles. The van der Waals surface area contributed by atoms with Crippen molar-refractivity contribution >= 4 is 34.1 Å². The van der Waals surface area contributed by atoms with Crippen LogP contribution in [-0.2, 0) is 12.8 Å². The van der Waals surface area contributed by atoms with Gasteiger partial charge in [-0.2, -0.15) is 0 Å².